The van der Waals surface area contributed by atoms with E-state index in [1.807, 2.05) is 36.4 Å². The Balaban J connectivity index is 0.000000117. The van der Waals surface area contributed by atoms with Crippen molar-refractivity contribution in [2.75, 3.05) is 0 Å². The molecule has 0 saturated heterocycles. The minimum absolute atomic E-state index is 0.775. The van der Waals surface area contributed by atoms with E-state index in [0.717, 1.165) is 22.2 Å². The van der Waals surface area contributed by atoms with Gasteiger partial charge in [0.25, 0.3) is 0 Å². The molecule has 4 rings (SSSR count). The molecule has 19 heavy (non-hydrogen) atoms. The van der Waals surface area contributed by atoms with Crippen LogP contribution in [0.25, 0.3) is 22.2 Å². The maximum Gasteiger partial charge on any atom is 0.177 e. The van der Waals surface area contributed by atoms with Crippen LogP contribution in [0.5, 0.6) is 0 Å². The van der Waals surface area contributed by atoms with Gasteiger partial charge >= 0.3 is 0 Å². The summed E-state index contributed by atoms with van der Waals surface area (Å²) in [6, 6.07) is 11.6. The van der Waals surface area contributed by atoms with Gasteiger partial charge in [-0.25, -0.2) is 9.97 Å². The normalized spacial score (nSPS) is 10.1. The molecule has 5 nitrogen and oxygen atoms in total. The second kappa shape index (κ2) is 5.22. The van der Waals surface area contributed by atoms with Gasteiger partial charge in [0.05, 0.1) is 22.9 Å². The van der Waals surface area contributed by atoms with Gasteiger partial charge in [0.2, 0.25) is 0 Å². The lowest BCUT2D eigenvalue weighted by atomic mass is 10.3. The average molecular weight is 249 g/mol. The topological polar surface area (TPSA) is 67.3 Å². The highest BCUT2D eigenvalue weighted by Gasteiger charge is 1.90. The van der Waals surface area contributed by atoms with Gasteiger partial charge in [0.1, 0.15) is 0 Å². The van der Waals surface area contributed by atoms with Gasteiger partial charge in [-0.05, 0) is 24.3 Å². The summed E-state index contributed by atoms with van der Waals surface area (Å²) in [7, 11) is 0. The highest BCUT2D eigenvalue weighted by atomic mass is 14.9. The number of hydrogen-bond acceptors (Lipinski definition) is 4. The van der Waals surface area contributed by atoms with Crippen LogP contribution in [0.2, 0.25) is 0 Å². The zero-order valence-corrected chi connectivity index (χ0v) is 10.1. The Bertz CT molecular complexity index is 698. The van der Waals surface area contributed by atoms with E-state index in [0.29, 0.717) is 0 Å². The third kappa shape index (κ3) is 2.55. The number of H-pyrrole nitrogens is 1. The molecule has 3 heterocycles. The van der Waals surface area contributed by atoms with Crippen LogP contribution >= 0.6 is 0 Å². The fourth-order valence-corrected chi connectivity index (χ4v) is 1.69. The Morgan fingerprint density at radius 1 is 0.684 bits per heavy atom. The summed E-state index contributed by atoms with van der Waals surface area (Å²) in [6.07, 6.45) is 6.76. The van der Waals surface area contributed by atoms with Crippen LogP contribution in [0.3, 0.4) is 0 Å². The van der Waals surface area contributed by atoms with E-state index in [1.165, 1.54) is 0 Å². The Morgan fingerprint density at radius 2 is 1.42 bits per heavy atom. The van der Waals surface area contributed by atoms with Gasteiger partial charge in [-0.15, -0.1) is 0 Å². The summed E-state index contributed by atoms with van der Waals surface area (Å²) in [6.45, 7) is 0. The summed E-state index contributed by atoms with van der Waals surface area (Å²) in [5, 5.41) is 0. The van der Waals surface area contributed by atoms with Crippen LogP contribution in [0, 0.1) is 0 Å². The van der Waals surface area contributed by atoms with Crippen LogP contribution in [0.1, 0.15) is 0 Å². The Labute approximate surface area is 109 Å². The average Bonchev–Trinajstić information content (AvgIpc) is 2.96. The molecule has 1 N–H and O–H groups in total. The largest absolute Gasteiger partial charge is 0.343 e. The zero-order valence-electron chi connectivity index (χ0n) is 10.1. The van der Waals surface area contributed by atoms with Gasteiger partial charge in [0.15, 0.2) is 5.65 Å². The maximum absolute atomic E-state index is 4.12. The number of hydrogen-bond donors (Lipinski definition) is 1. The van der Waals surface area contributed by atoms with Gasteiger partial charge in [-0.3, -0.25) is 9.97 Å². The van der Waals surface area contributed by atoms with E-state index in [2.05, 4.69) is 24.9 Å². The molecule has 92 valence electrons. The van der Waals surface area contributed by atoms with Gasteiger partial charge in [-0.2, -0.15) is 0 Å². The first-order valence-electron chi connectivity index (χ1n) is 5.83. The molecule has 0 amide bonds. The van der Waals surface area contributed by atoms with E-state index in [1.54, 1.807) is 24.9 Å². The first-order valence-corrected chi connectivity index (χ1v) is 5.83. The van der Waals surface area contributed by atoms with Crippen molar-refractivity contribution in [1.82, 2.24) is 24.9 Å². The number of para-hydroxylation sites is 2. The second-order valence-electron chi connectivity index (χ2n) is 3.82. The van der Waals surface area contributed by atoms with Crippen LogP contribution in [0.4, 0.5) is 0 Å². The number of imidazole rings is 1. The molecule has 0 fully saturated rings. The number of benzene rings is 1. The number of aromatic nitrogens is 5. The molecular formula is C14H11N5. The van der Waals surface area contributed by atoms with Crippen LogP contribution in [-0.4, -0.2) is 24.9 Å². The minimum Gasteiger partial charge on any atom is -0.343 e. The van der Waals surface area contributed by atoms with Crippen molar-refractivity contribution >= 4 is 22.2 Å². The van der Waals surface area contributed by atoms with Crippen LogP contribution < -0.4 is 0 Å². The molecule has 1 aromatic carbocycles. The third-order valence-electron chi connectivity index (χ3n) is 2.57. The summed E-state index contributed by atoms with van der Waals surface area (Å²) >= 11 is 0. The number of nitrogens with one attached hydrogen (secondary N) is 1. The molecule has 0 bridgehead atoms. The molecule has 0 radical (unpaired) electrons. The monoisotopic (exact) mass is 249 g/mol. The molecule has 0 atom stereocenters. The summed E-state index contributed by atoms with van der Waals surface area (Å²) < 4.78 is 0. The molecule has 0 unspecified atom stereocenters. The van der Waals surface area contributed by atoms with Crippen molar-refractivity contribution in [3.8, 4) is 0 Å². The summed E-state index contributed by atoms with van der Waals surface area (Å²) in [4.78, 5) is 19.1. The SMILES string of the molecule is c1ccc2nccnc2c1.c1cnc2nc[nH]c2c1. The Morgan fingerprint density at radius 3 is 2.11 bits per heavy atom. The van der Waals surface area contributed by atoms with Crippen LogP contribution in [-0.2, 0) is 0 Å². The molecule has 0 aliphatic rings. The molecular weight excluding hydrogens is 238 g/mol. The van der Waals surface area contributed by atoms with E-state index >= 15 is 0 Å². The highest BCUT2D eigenvalue weighted by molar-refractivity contribution is 5.73. The fraction of sp³-hybridized carbons (Fsp3) is 0. The molecule has 5 heteroatoms. The van der Waals surface area contributed by atoms with Gasteiger partial charge in [0, 0.05) is 18.6 Å². The maximum atomic E-state index is 4.12. The number of nitrogens with zero attached hydrogens (tertiary/aromatic N) is 4. The molecule has 0 aliphatic carbocycles. The lowest BCUT2D eigenvalue weighted by Crippen LogP contribution is -1.78. The Kier molecular flexibility index (Phi) is 3.10. The van der Waals surface area contributed by atoms with Crippen molar-refractivity contribution in [2.45, 2.75) is 0 Å². The van der Waals surface area contributed by atoms with Crippen molar-refractivity contribution in [2.24, 2.45) is 0 Å². The number of rotatable bonds is 0. The lowest BCUT2D eigenvalue weighted by Gasteiger charge is -1.90. The van der Waals surface area contributed by atoms with E-state index < -0.39 is 0 Å². The molecule has 0 aliphatic heterocycles. The molecule has 0 spiro atoms. The molecule has 0 saturated carbocycles. The molecule has 3 aromatic heterocycles. The first-order chi connectivity index (χ1) is 9.43. The first kappa shape index (κ1) is 11.3. The van der Waals surface area contributed by atoms with Gasteiger partial charge < -0.3 is 4.98 Å². The van der Waals surface area contributed by atoms with Crippen molar-refractivity contribution in [3.05, 3.63) is 61.3 Å². The van der Waals surface area contributed by atoms with E-state index in [9.17, 15) is 0 Å². The zero-order chi connectivity index (χ0) is 12.9. The minimum atomic E-state index is 0.775. The summed E-state index contributed by atoms with van der Waals surface area (Å²) in [5.41, 5.74) is 3.66. The second-order valence-corrected chi connectivity index (χ2v) is 3.82. The number of fused-ring (bicyclic) bond motifs is 2. The van der Waals surface area contributed by atoms with Crippen LogP contribution in [0.15, 0.2) is 61.3 Å². The standard InChI is InChI=1S/C8H6N2.C6H5N3/c1-2-4-8-7(3-1)9-5-6-10-8;1-2-5-6(7-3-1)9-4-8-5/h1-6H;1-4H,(H,7,8,9). The smallest absolute Gasteiger partial charge is 0.177 e. The van der Waals surface area contributed by atoms with E-state index in [-0.39, 0.29) is 0 Å². The molecule has 4 aromatic rings. The van der Waals surface area contributed by atoms with E-state index in [4.69, 9.17) is 0 Å². The third-order valence-corrected chi connectivity index (χ3v) is 2.57. The quantitative estimate of drug-likeness (QED) is 0.520. The van der Waals surface area contributed by atoms with Crippen molar-refractivity contribution in [1.29, 1.82) is 0 Å². The predicted octanol–water partition coefficient (Wildman–Crippen LogP) is 2.59. The number of aromatic amines is 1. The van der Waals surface area contributed by atoms with Crippen molar-refractivity contribution < 1.29 is 0 Å². The predicted molar refractivity (Wildman–Crippen MR) is 73.4 cm³/mol. The lowest BCUT2D eigenvalue weighted by molar-refractivity contribution is 1.29. The highest BCUT2D eigenvalue weighted by Crippen LogP contribution is 2.04. The van der Waals surface area contributed by atoms with Gasteiger partial charge in [-0.1, -0.05) is 12.1 Å². The fourth-order valence-electron chi connectivity index (χ4n) is 1.69. The Hall–Kier alpha value is -2.82. The van der Waals surface area contributed by atoms with Crippen molar-refractivity contribution in [3.63, 3.8) is 0 Å². The number of pyridine rings is 1. The summed E-state index contributed by atoms with van der Waals surface area (Å²) in [5.74, 6) is 0.